The summed E-state index contributed by atoms with van der Waals surface area (Å²) in [4.78, 5) is 15.3. The van der Waals surface area contributed by atoms with Gasteiger partial charge < -0.3 is 36.5 Å². The van der Waals surface area contributed by atoms with E-state index in [1.807, 2.05) is 63.0 Å². The van der Waals surface area contributed by atoms with E-state index < -0.39 is 0 Å². The first kappa shape index (κ1) is 27.4. The second-order valence-corrected chi connectivity index (χ2v) is 9.66. The molecule has 1 aromatic heterocycles. The smallest absolute Gasteiger partial charge is 0.340 e. The normalized spacial score (nSPS) is 11.0. The molecular formula is C24H30BrClN2O4S. The van der Waals surface area contributed by atoms with E-state index in [1.165, 1.54) is 0 Å². The number of fused-ring (bicyclic) bond motifs is 1. The summed E-state index contributed by atoms with van der Waals surface area (Å²) in [7, 11) is 5.98. The fourth-order valence-electron chi connectivity index (χ4n) is 3.75. The Hall–Kier alpha value is -1.87. The maximum Gasteiger partial charge on any atom is 0.340 e. The second kappa shape index (κ2) is 12.0. The van der Waals surface area contributed by atoms with E-state index in [1.54, 1.807) is 18.7 Å². The number of benzene rings is 2. The molecule has 0 saturated heterocycles. The van der Waals surface area contributed by atoms with Crippen molar-refractivity contribution >= 4 is 44.6 Å². The fourth-order valence-corrected chi connectivity index (χ4v) is 5.17. The van der Waals surface area contributed by atoms with Gasteiger partial charge in [0.05, 0.1) is 48.4 Å². The van der Waals surface area contributed by atoms with Crippen LogP contribution in [-0.2, 0) is 24.1 Å². The number of aromatic nitrogens is 1. The number of thioether (sulfide) groups is 1. The predicted octanol–water partition coefficient (Wildman–Crippen LogP) is 1.16. The average molecular weight is 558 g/mol. The van der Waals surface area contributed by atoms with Gasteiger partial charge in [0.1, 0.15) is 18.0 Å². The minimum atomic E-state index is -0.364. The zero-order valence-electron chi connectivity index (χ0n) is 19.5. The second-order valence-electron chi connectivity index (χ2n) is 7.76. The summed E-state index contributed by atoms with van der Waals surface area (Å²) < 4.78 is 13.6. The zero-order valence-corrected chi connectivity index (χ0v) is 22.7. The summed E-state index contributed by atoms with van der Waals surface area (Å²) in [6.07, 6.45) is 0. The summed E-state index contributed by atoms with van der Waals surface area (Å²) in [5, 5.41) is 11.6. The number of rotatable bonds is 9. The lowest BCUT2D eigenvalue weighted by molar-refractivity contribution is -0.872. The van der Waals surface area contributed by atoms with Crippen molar-refractivity contribution in [3.8, 4) is 11.5 Å². The largest absolute Gasteiger partial charge is 1.00 e. The maximum absolute atomic E-state index is 13.1. The number of esters is 1. The zero-order chi connectivity index (χ0) is 23.4. The predicted molar refractivity (Wildman–Crippen MR) is 132 cm³/mol. The first-order chi connectivity index (χ1) is 15.3. The number of nitrogens with zero attached hydrogens (tertiary/aromatic N) is 1. The molecule has 0 spiro atoms. The monoisotopic (exact) mass is 556 g/mol. The first-order valence-corrected chi connectivity index (χ1v) is 12.4. The van der Waals surface area contributed by atoms with Crippen molar-refractivity contribution in [2.24, 2.45) is 7.05 Å². The quantitative estimate of drug-likeness (QED) is 0.305. The van der Waals surface area contributed by atoms with Crippen LogP contribution in [0, 0.1) is 0 Å². The molecule has 2 aromatic carbocycles. The van der Waals surface area contributed by atoms with Crippen LogP contribution in [0.4, 0.5) is 0 Å². The highest BCUT2D eigenvalue weighted by atomic mass is 79.9. The van der Waals surface area contributed by atoms with Crippen LogP contribution >= 0.6 is 27.7 Å². The van der Waals surface area contributed by atoms with Crippen LogP contribution in [0.15, 0.2) is 39.7 Å². The van der Waals surface area contributed by atoms with Gasteiger partial charge in [-0.1, -0.05) is 0 Å². The molecule has 180 valence electrons. The Bertz CT molecular complexity index is 1120. The summed E-state index contributed by atoms with van der Waals surface area (Å²) in [5.41, 5.74) is 3.02. The van der Waals surface area contributed by atoms with Crippen LogP contribution in [-0.4, -0.2) is 43.0 Å². The highest BCUT2D eigenvalue weighted by Gasteiger charge is 2.28. The van der Waals surface area contributed by atoms with Crippen LogP contribution in [0.2, 0.25) is 0 Å². The summed E-state index contributed by atoms with van der Waals surface area (Å²) in [6, 6.07) is 9.81. The van der Waals surface area contributed by atoms with Gasteiger partial charge in [0.15, 0.2) is 0 Å². The summed E-state index contributed by atoms with van der Waals surface area (Å²) >= 11 is 5.13. The van der Waals surface area contributed by atoms with Gasteiger partial charge in [-0.25, -0.2) is 4.79 Å². The molecule has 0 saturated carbocycles. The molecule has 1 heterocycles. The van der Waals surface area contributed by atoms with Gasteiger partial charge in [-0.15, -0.1) is 11.8 Å². The highest BCUT2D eigenvalue weighted by Crippen LogP contribution is 2.40. The molecule has 0 radical (unpaired) electrons. The summed E-state index contributed by atoms with van der Waals surface area (Å²) in [6.45, 7) is 5.25. The van der Waals surface area contributed by atoms with E-state index in [0.29, 0.717) is 28.9 Å². The number of aryl methyl sites for hydroxylation is 1. The van der Waals surface area contributed by atoms with Crippen LogP contribution in [0.1, 0.15) is 35.5 Å². The number of carbonyl (C=O) groups excluding carboxylic acids is 1. The van der Waals surface area contributed by atoms with Gasteiger partial charge in [0.2, 0.25) is 0 Å². The number of phenols is 1. The molecule has 0 amide bonds. The maximum atomic E-state index is 13.1. The van der Waals surface area contributed by atoms with Gasteiger partial charge in [0, 0.05) is 28.8 Å². The Morgan fingerprint density at radius 1 is 1.18 bits per heavy atom. The molecule has 0 atom stereocenters. The third kappa shape index (κ3) is 5.98. The van der Waals surface area contributed by atoms with Crippen LogP contribution in [0.25, 0.3) is 10.9 Å². The van der Waals surface area contributed by atoms with E-state index in [4.69, 9.17) is 9.47 Å². The van der Waals surface area contributed by atoms with Crippen molar-refractivity contribution in [1.29, 1.82) is 0 Å². The minimum Gasteiger partial charge on any atom is -1.00 e. The number of hydrogen-bond acceptors (Lipinski definition) is 5. The molecule has 0 bridgehead atoms. The molecule has 9 heteroatoms. The van der Waals surface area contributed by atoms with Crippen molar-refractivity contribution in [2.45, 2.75) is 31.0 Å². The lowest BCUT2D eigenvalue weighted by Gasteiger charge is -2.13. The standard InChI is InChI=1S/C24H29BrN2O4S.ClH/c1-6-30-15-8-10-16(11-9-15)32-14-20-22(24(29)31-7-2)21-17(13-26(3)4)23(28)18(25)12-19(21)27(20)5;/h8-12,28H,6-7,13-14H2,1-5H3;1H. The number of quaternary nitrogens is 1. The molecular weight excluding hydrogens is 528 g/mol. The van der Waals surface area contributed by atoms with Gasteiger partial charge in [-0.05, 0) is 60.1 Å². The molecule has 3 aromatic rings. The number of phenolic OH excluding ortho intramolecular Hbond substituents is 1. The van der Waals surface area contributed by atoms with Crippen LogP contribution in [0.5, 0.6) is 11.5 Å². The molecule has 3 rings (SSSR count). The Kier molecular flexibility index (Phi) is 9.97. The van der Waals surface area contributed by atoms with Crippen molar-refractivity contribution in [1.82, 2.24) is 4.57 Å². The lowest BCUT2D eigenvalue weighted by Crippen LogP contribution is -3.04. The number of nitrogens with one attached hydrogen (secondary N) is 1. The SMILES string of the molecule is CCOC(=O)c1c(CSc2ccc(OCC)cc2)n(C)c2cc(Br)c(O)c(C[NH+](C)C)c12.[Cl-]. The van der Waals surface area contributed by atoms with Gasteiger partial charge in [-0.2, -0.15) is 0 Å². The van der Waals surface area contributed by atoms with E-state index in [2.05, 4.69) is 15.9 Å². The number of halogens is 2. The number of aromatic hydroxyl groups is 1. The van der Waals surface area contributed by atoms with Crippen LogP contribution in [0.3, 0.4) is 0 Å². The summed E-state index contributed by atoms with van der Waals surface area (Å²) in [5.74, 6) is 1.22. The molecule has 33 heavy (non-hydrogen) atoms. The van der Waals surface area contributed by atoms with E-state index in [0.717, 1.165) is 37.7 Å². The Balaban J connectivity index is 0.00000385. The number of ether oxygens (including phenoxy) is 2. The van der Waals surface area contributed by atoms with Gasteiger partial charge in [-0.3, -0.25) is 0 Å². The van der Waals surface area contributed by atoms with E-state index in [9.17, 15) is 9.90 Å². The van der Waals surface area contributed by atoms with Crippen LogP contribution < -0.4 is 22.0 Å². The van der Waals surface area contributed by atoms with Gasteiger partial charge in [0.25, 0.3) is 0 Å². The third-order valence-corrected chi connectivity index (χ3v) is 6.79. The van der Waals surface area contributed by atoms with E-state index >= 15 is 0 Å². The first-order valence-electron chi connectivity index (χ1n) is 10.6. The molecule has 0 aliphatic heterocycles. The Labute approximate surface area is 213 Å². The minimum absolute atomic E-state index is 0. The molecule has 0 aliphatic rings. The fraction of sp³-hybridized carbons (Fsp3) is 0.375. The number of carbonyl (C=O) groups is 1. The topological polar surface area (TPSA) is 65.1 Å². The van der Waals surface area contributed by atoms with Gasteiger partial charge >= 0.3 is 5.97 Å². The molecule has 0 aliphatic carbocycles. The average Bonchev–Trinajstić information content (AvgIpc) is 3.02. The molecule has 6 nitrogen and oxygen atoms in total. The lowest BCUT2D eigenvalue weighted by atomic mass is 10.0. The van der Waals surface area contributed by atoms with Crippen molar-refractivity contribution in [3.05, 3.63) is 51.6 Å². The Morgan fingerprint density at radius 2 is 1.85 bits per heavy atom. The molecule has 0 fully saturated rings. The van der Waals surface area contributed by atoms with E-state index in [-0.39, 0.29) is 30.7 Å². The number of hydrogen-bond donors (Lipinski definition) is 2. The third-order valence-electron chi connectivity index (χ3n) is 5.16. The molecule has 0 unspecified atom stereocenters. The Morgan fingerprint density at radius 3 is 2.42 bits per heavy atom. The van der Waals surface area contributed by atoms with Crippen molar-refractivity contribution in [3.63, 3.8) is 0 Å². The van der Waals surface area contributed by atoms with Crippen molar-refractivity contribution < 1.29 is 36.7 Å². The highest BCUT2D eigenvalue weighted by molar-refractivity contribution is 9.10. The molecule has 2 N–H and O–H groups in total. The van der Waals surface area contributed by atoms with Crippen molar-refractivity contribution in [2.75, 3.05) is 27.3 Å².